The molecule has 0 radical (unpaired) electrons. The minimum absolute atomic E-state index is 0.662. The van der Waals surface area contributed by atoms with Gasteiger partial charge in [0, 0.05) is 43.2 Å². The minimum Gasteiger partial charge on any atom is -0.334 e. The Morgan fingerprint density at radius 3 is 2.94 bits per heavy atom. The summed E-state index contributed by atoms with van der Waals surface area (Å²) in [5.74, 6) is 0. The van der Waals surface area contributed by atoms with E-state index in [1.807, 2.05) is 36.9 Å². The largest absolute Gasteiger partial charge is 0.334 e. The number of rotatable bonds is 5. The summed E-state index contributed by atoms with van der Waals surface area (Å²) in [4.78, 5) is 8.44. The first-order valence-electron chi connectivity index (χ1n) is 5.49. The van der Waals surface area contributed by atoms with Crippen molar-refractivity contribution in [2.45, 2.75) is 19.4 Å². The van der Waals surface area contributed by atoms with E-state index < -0.39 is 0 Å². The molecule has 2 rings (SSSR count). The van der Waals surface area contributed by atoms with Crippen LogP contribution in [0.25, 0.3) is 0 Å². The fraction of sp³-hybridized carbons (Fsp3) is 0.333. The second kappa shape index (κ2) is 5.42. The van der Waals surface area contributed by atoms with Gasteiger partial charge in [-0.15, -0.1) is 0 Å². The summed E-state index contributed by atoms with van der Waals surface area (Å²) in [5.41, 5.74) is 7.84. The molecule has 0 amide bonds. The highest BCUT2D eigenvalue weighted by atomic mass is 15.0. The van der Waals surface area contributed by atoms with Crippen molar-refractivity contribution in [3.63, 3.8) is 0 Å². The van der Waals surface area contributed by atoms with E-state index in [-0.39, 0.29) is 0 Å². The van der Waals surface area contributed by atoms with Gasteiger partial charge in [0.15, 0.2) is 0 Å². The lowest BCUT2D eigenvalue weighted by molar-refractivity contribution is 0.650. The maximum absolute atomic E-state index is 5.54. The Morgan fingerprint density at radius 1 is 1.25 bits per heavy atom. The van der Waals surface area contributed by atoms with Crippen LogP contribution in [0.15, 0.2) is 36.9 Å². The molecule has 4 nitrogen and oxygen atoms in total. The zero-order valence-corrected chi connectivity index (χ0v) is 9.21. The number of imidazole rings is 1. The number of nitrogens with zero attached hydrogens (tertiary/aromatic N) is 3. The summed E-state index contributed by atoms with van der Waals surface area (Å²) < 4.78 is 2.14. The van der Waals surface area contributed by atoms with Gasteiger partial charge in [0.05, 0.1) is 6.33 Å². The molecule has 0 aromatic carbocycles. The number of pyridine rings is 1. The molecule has 0 bridgehead atoms. The van der Waals surface area contributed by atoms with Gasteiger partial charge in [-0.1, -0.05) is 6.07 Å². The molecule has 4 heteroatoms. The van der Waals surface area contributed by atoms with Crippen molar-refractivity contribution in [2.75, 3.05) is 6.54 Å². The van der Waals surface area contributed by atoms with Crippen LogP contribution in [0.1, 0.15) is 11.4 Å². The first-order chi connectivity index (χ1) is 7.90. The molecule has 0 aliphatic carbocycles. The van der Waals surface area contributed by atoms with Gasteiger partial charge >= 0.3 is 0 Å². The van der Waals surface area contributed by atoms with E-state index in [1.165, 1.54) is 5.69 Å². The standard InChI is InChI=1S/C12H16N4/c13-6-4-12-9-14-10-16(12)8-5-11-3-1-2-7-15-11/h1-3,7,9-10H,4-6,8,13H2. The second-order valence-electron chi connectivity index (χ2n) is 3.69. The van der Waals surface area contributed by atoms with Gasteiger partial charge < -0.3 is 10.3 Å². The van der Waals surface area contributed by atoms with Crippen molar-refractivity contribution < 1.29 is 0 Å². The van der Waals surface area contributed by atoms with Crippen LogP contribution < -0.4 is 5.73 Å². The number of aryl methyl sites for hydroxylation is 2. The van der Waals surface area contributed by atoms with Gasteiger partial charge in [-0.3, -0.25) is 4.98 Å². The molecule has 0 unspecified atom stereocenters. The average Bonchev–Trinajstić information content (AvgIpc) is 2.76. The quantitative estimate of drug-likeness (QED) is 0.812. The van der Waals surface area contributed by atoms with Crippen LogP contribution in [0.3, 0.4) is 0 Å². The highest BCUT2D eigenvalue weighted by Gasteiger charge is 2.01. The second-order valence-corrected chi connectivity index (χ2v) is 3.69. The summed E-state index contributed by atoms with van der Waals surface area (Å²) in [7, 11) is 0. The van der Waals surface area contributed by atoms with E-state index in [1.54, 1.807) is 0 Å². The molecule has 0 atom stereocenters. The fourth-order valence-electron chi connectivity index (χ4n) is 1.69. The molecule has 2 heterocycles. The van der Waals surface area contributed by atoms with Crippen molar-refractivity contribution in [3.8, 4) is 0 Å². The van der Waals surface area contributed by atoms with E-state index >= 15 is 0 Å². The Bertz CT molecular complexity index is 422. The molecule has 0 saturated heterocycles. The smallest absolute Gasteiger partial charge is 0.0948 e. The van der Waals surface area contributed by atoms with E-state index in [4.69, 9.17) is 5.73 Å². The van der Waals surface area contributed by atoms with E-state index in [0.717, 1.165) is 25.1 Å². The van der Waals surface area contributed by atoms with Crippen molar-refractivity contribution >= 4 is 0 Å². The van der Waals surface area contributed by atoms with E-state index in [0.29, 0.717) is 6.54 Å². The summed E-state index contributed by atoms with van der Waals surface area (Å²) in [6.45, 7) is 1.57. The third kappa shape index (κ3) is 2.67. The molecule has 0 saturated carbocycles. The average molecular weight is 216 g/mol. The fourth-order valence-corrected chi connectivity index (χ4v) is 1.69. The molecule has 2 aromatic heterocycles. The summed E-state index contributed by atoms with van der Waals surface area (Å²) in [5, 5.41) is 0. The number of hydrogen-bond donors (Lipinski definition) is 1. The molecule has 0 aliphatic rings. The van der Waals surface area contributed by atoms with Crippen molar-refractivity contribution in [1.82, 2.24) is 14.5 Å². The summed E-state index contributed by atoms with van der Waals surface area (Å²) in [6.07, 6.45) is 7.36. The van der Waals surface area contributed by atoms with Crippen LogP contribution in [0.4, 0.5) is 0 Å². The first-order valence-corrected chi connectivity index (χ1v) is 5.49. The first kappa shape index (κ1) is 10.8. The van der Waals surface area contributed by atoms with Gasteiger partial charge in [-0.2, -0.15) is 0 Å². The Hall–Kier alpha value is -1.68. The van der Waals surface area contributed by atoms with Crippen LogP contribution in [-0.4, -0.2) is 21.1 Å². The number of aromatic nitrogens is 3. The van der Waals surface area contributed by atoms with Crippen LogP contribution in [0.5, 0.6) is 0 Å². The molecular weight excluding hydrogens is 200 g/mol. The summed E-state index contributed by atoms with van der Waals surface area (Å²) in [6, 6.07) is 5.98. The van der Waals surface area contributed by atoms with E-state index in [9.17, 15) is 0 Å². The monoisotopic (exact) mass is 216 g/mol. The molecular formula is C12H16N4. The van der Waals surface area contributed by atoms with Gasteiger partial charge in [0.1, 0.15) is 0 Å². The predicted octanol–water partition coefficient (Wildman–Crippen LogP) is 1.02. The Labute approximate surface area is 95.1 Å². The molecule has 84 valence electrons. The van der Waals surface area contributed by atoms with Crippen LogP contribution in [-0.2, 0) is 19.4 Å². The lowest BCUT2D eigenvalue weighted by Crippen LogP contribution is -2.10. The maximum atomic E-state index is 5.54. The summed E-state index contributed by atoms with van der Waals surface area (Å²) >= 11 is 0. The Morgan fingerprint density at radius 2 is 2.19 bits per heavy atom. The van der Waals surface area contributed by atoms with Gasteiger partial charge in [-0.05, 0) is 18.7 Å². The van der Waals surface area contributed by atoms with E-state index in [2.05, 4.69) is 14.5 Å². The maximum Gasteiger partial charge on any atom is 0.0948 e. The van der Waals surface area contributed by atoms with Gasteiger partial charge in [0.25, 0.3) is 0 Å². The van der Waals surface area contributed by atoms with Gasteiger partial charge in [-0.25, -0.2) is 4.98 Å². The Balaban J connectivity index is 1.97. The highest BCUT2D eigenvalue weighted by Crippen LogP contribution is 2.03. The molecule has 0 spiro atoms. The van der Waals surface area contributed by atoms with Crippen molar-refractivity contribution in [2.24, 2.45) is 5.73 Å². The minimum atomic E-state index is 0.662. The Kier molecular flexibility index (Phi) is 3.66. The SMILES string of the molecule is NCCc1cncn1CCc1ccccn1. The highest BCUT2D eigenvalue weighted by molar-refractivity contribution is 5.05. The topological polar surface area (TPSA) is 56.7 Å². The molecule has 0 fully saturated rings. The normalized spacial score (nSPS) is 10.6. The lowest BCUT2D eigenvalue weighted by Gasteiger charge is -2.06. The van der Waals surface area contributed by atoms with Crippen LogP contribution in [0.2, 0.25) is 0 Å². The third-order valence-electron chi connectivity index (χ3n) is 2.53. The van der Waals surface area contributed by atoms with Gasteiger partial charge in [0.2, 0.25) is 0 Å². The van der Waals surface area contributed by atoms with Crippen molar-refractivity contribution in [1.29, 1.82) is 0 Å². The van der Waals surface area contributed by atoms with Crippen LogP contribution in [0, 0.1) is 0 Å². The van der Waals surface area contributed by atoms with Crippen LogP contribution >= 0.6 is 0 Å². The molecule has 2 aromatic rings. The zero-order valence-electron chi connectivity index (χ0n) is 9.21. The predicted molar refractivity (Wildman–Crippen MR) is 62.9 cm³/mol. The molecule has 2 N–H and O–H groups in total. The number of nitrogens with two attached hydrogens (primary N) is 1. The third-order valence-corrected chi connectivity index (χ3v) is 2.53. The molecule has 16 heavy (non-hydrogen) atoms. The molecule has 0 aliphatic heterocycles. The number of hydrogen-bond acceptors (Lipinski definition) is 3. The van der Waals surface area contributed by atoms with Crippen molar-refractivity contribution in [3.05, 3.63) is 48.3 Å². The lowest BCUT2D eigenvalue weighted by atomic mass is 10.2. The zero-order chi connectivity index (χ0) is 11.2.